The van der Waals surface area contributed by atoms with Crippen molar-refractivity contribution >= 4 is 22.4 Å². The summed E-state index contributed by atoms with van der Waals surface area (Å²) in [6, 6.07) is 14.5. The number of amides is 1. The second-order valence-corrected chi connectivity index (χ2v) is 9.50. The number of carbonyl (C=O) groups is 1. The molecule has 0 saturated carbocycles. The second-order valence-electron chi connectivity index (χ2n) is 8.38. The highest BCUT2D eigenvalue weighted by atomic mass is 32.1. The van der Waals surface area contributed by atoms with Gasteiger partial charge in [0.1, 0.15) is 5.75 Å². The number of thiazole rings is 1. The highest BCUT2D eigenvalue weighted by Crippen LogP contribution is 2.32. The predicted molar refractivity (Wildman–Crippen MR) is 120 cm³/mol. The van der Waals surface area contributed by atoms with Crippen molar-refractivity contribution in [2.75, 3.05) is 11.9 Å². The van der Waals surface area contributed by atoms with E-state index in [2.05, 4.69) is 75.3 Å². The summed E-state index contributed by atoms with van der Waals surface area (Å²) in [6.07, 6.45) is 2.63. The van der Waals surface area contributed by atoms with Crippen LogP contribution in [0.3, 0.4) is 0 Å². The van der Waals surface area contributed by atoms with Crippen molar-refractivity contribution in [3.05, 3.63) is 75.8 Å². The molecule has 3 rings (SSSR count). The smallest absolute Gasteiger partial charge is 0.264 e. The molecule has 1 heterocycles. The Bertz CT molecular complexity index is 1000. The molecule has 1 aromatic heterocycles. The van der Waals surface area contributed by atoms with Gasteiger partial charge in [-0.2, -0.15) is 0 Å². The first-order valence-electron chi connectivity index (χ1n) is 9.75. The van der Waals surface area contributed by atoms with Crippen molar-refractivity contribution in [2.45, 2.75) is 46.5 Å². The fraction of sp³-hybridized carbons (Fsp3) is 0.333. The summed E-state index contributed by atoms with van der Waals surface area (Å²) in [5, 5.41) is 3.44. The fourth-order valence-corrected chi connectivity index (χ4v) is 3.99. The van der Waals surface area contributed by atoms with Crippen LogP contribution in [0.5, 0.6) is 5.75 Å². The summed E-state index contributed by atoms with van der Waals surface area (Å²) in [6.45, 7) is 10.5. The van der Waals surface area contributed by atoms with Crippen molar-refractivity contribution < 1.29 is 9.53 Å². The van der Waals surface area contributed by atoms with E-state index in [0.29, 0.717) is 5.13 Å². The van der Waals surface area contributed by atoms with E-state index in [9.17, 15) is 4.79 Å². The van der Waals surface area contributed by atoms with E-state index in [1.165, 1.54) is 28.0 Å². The van der Waals surface area contributed by atoms with Gasteiger partial charge in [0.05, 0.1) is 0 Å². The maximum atomic E-state index is 12.4. The molecule has 29 heavy (non-hydrogen) atoms. The maximum absolute atomic E-state index is 12.4. The Morgan fingerprint density at radius 3 is 2.59 bits per heavy atom. The Labute approximate surface area is 177 Å². The van der Waals surface area contributed by atoms with Crippen molar-refractivity contribution in [2.24, 2.45) is 0 Å². The summed E-state index contributed by atoms with van der Waals surface area (Å²) < 4.78 is 5.83. The Balaban J connectivity index is 1.59. The normalized spacial score (nSPS) is 11.3. The molecule has 1 amide bonds. The number of aryl methyl sites for hydroxylation is 2. The standard InChI is InChI=1S/C24H28N2O2S/c1-16-7-6-8-18(11-16)13-19-14-25-23(29-19)26-22(27)15-28-21-10-9-17(2)12-20(21)24(3,4)5/h6-12,14H,13,15H2,1-5H3,(H,25,26,27). The third-order valence-electron chi connectivity index (χ3n) is 4.56. The molecule has 1 N–H and O–H groups in total. The second kappa shape index (κ2) is 8.78. The number of ether oxygens (including phenoxy) is 1. The van der Waals surface area contributed by atoms with Crippen molar-refractivity contribution in [1.29, 1.82) is 0 Å². The first-order valence-corrected chi connectivity index (χ1v) is 10.6. The van der Waals surface area contributed by atoms with Gasteiger partial charge in [-0.05, 0) is 36.5 Å². The topological polar surface area (TPSA) is 51.2 Å². The molecular formula is C24H28N2O2S. The lowest BCUT2D eigenvalue weighted by atomic mass is 9.85. The van der Waals surface area contributed by atoms with Crippen LogP contribution in [0.25, 0.3) is 0 Å². The Morgan fingerprint density at radius 2 is 1.86 bits per heavy atom. The van der Waals surface area contributed by atoms with E-state index in [-0.39, 0.29) is 17.9 Å². The summed E-state index contributed by atoms with van der Waals surface area (Å²) in [4.78, 5) is 17.8. The van der Waals surface area contributed by atoms with Gasteiger partial charge < -0.3 is 4.74 Å². The molecule has 0 aliphatic rings. The van der Waals surface area contributed by atoms with Crippen LogP contribution >= 0.6 is 11.3 Å². The van der Waals surface area contributed by atoms with Gasteiger partial charge in [-0.25, -0.2) is 4.98 Å². The van der Waals surface area contributed by atoms with E-state index < -0.39 is 0 Å². The maximum Gasteiger partial charge on any atom is 0.264 e. The third kappa shape index (κ3) is 5.91. The van der Waals surface area contributed by atoms with E-state index in [1.807, 2.05) is 18.3 Å². The number of nitrogens with one attached hydrogen (secondary N) is 1. The minimum absolute atomic E-state index is 0.0427. The van der Waals surface area contributed by atoms with E-state index in [0.717, 1.165) is 22.6 Å². The van der Waals surface area contributed by atoms with Gasteiger partial charge in [-0.3, -0.25) is 10.1 Å². The molecule has 5 heteroatoms. The molecule has 0 saturated heterocycles. The molecule has 4 nitrogen and oxygen atoms in total. The highest BCUT2D eigenvalue weighted by Gasteiger charge is 2.20. The molecule has 0 aliphatic heterocycles. The average Bonchev–Trinajstić information content (AvgIpc) is 3.06. The van der Waals surface area contributed by atoms with Crippen LogP contribution in [0.15, 0.2) is 48.7 Å². The Morgan fingerprint density at radius 1 is 1.10 bits per heavy atom. The number of aromatic nitrogens is 1. The van der Waals surface area contributed by atoms with Crippen LogP contribution in [-0.4, -0.2) is 17.5 Å². The van der Waals surface area contributed by atoms with Crippen molar-refractivity contribution in [3.63, 3.8) is 0 Å². The predicted octanol–water partition coefficient (Wildman–Crippen LogP) is 5.67. The van der Waals surface area contributed by atoms with Crippen LogP contribution in [0.4, 0.5) is 5.13 Å². The van der Waals surface area contributed by atoms with Crippen LogP contribution < -0.4 is 10.1 Å². The van der Waals surface area contributed by atoms with Crippen LogP contribution in [0.2, 0.25) is 0 Å². The number of nitrogens with zero attached hydrogens (tertiary/aromatic N) is 1. The highest BCUT2D eigenvalue weighted by molar-refractivity contribution is 7.15. The molecule has 0 spiro atoms. The van der Waals surface area contributed by atoms with Crippen LogP contribution in [0.1, 0.15) is 47.9 Å². The van der Waals surface area contributed by atoms with Gasteiger partial charge in [-0.1, -0.05) is 68.3 Å². The molecule has 0 fully saturated rings. The van der Waals surface area contributed by atoms with Gasteiger partial charge in [-0.15, -0.1) is 11.3 Å². The molecule has 3 aromatic rings. The molecule has 0 unspecified atom stereocenters. The Kier molecular flexibility index (Phi) is 6.38. The monoisotopic (exact) mass is 408 g/mol. The quantitative estimate of drug-likeness (QED) is 0.572. The van der Waals surface area contributed by atoms with E-state index in [4.69, 9.17) is 4.74 Å². The number of benzene rings is 2. The first-order chi connectivity index (χ1) is 13.7. The van der Waals surface area contributed by atoms with Gasteiger partial charge >= 0.3 is 0 Å². The molecule has 0 radical (unpaired) electrons. The van der Waals surface area contributed by atoms with Gasteiger partial charge in [0, 0.05) is 17.5 Å². The third-order valence-corrected chi connectivity index (χ3v) is 5.48. The summed E-state index contributed by atoms with van der Waals surface area (Å²) >= 11 is 1.49. The molecule has 0 aliphatic carbocycles. The zero-order valence-corrected chi connectivity index (χ0v) is 18.5. The molecule has 0 bridgehead atoms. The number of rotatable bonds is 6. The SMILES string of the molecule is Cc1cccc(Cc2cnc(NC(=O)COc3ccc(C)cc3C(C)(C)C)s2)c1. The minimum atomic E-state index is -0.207. The van der Waals surface area contributed by atoms with Crippen LogP contribution in [0, 0.1) is 13.8 Å². The summed E-state index contributed by atoms with van der Waals surface area (Å²) in [7, 11) is 0. The number of hydrogen-bond donors (Lipinski definition) is 1. The van der Waals surface area contributed by atoms with Gasteiger partial charge in [0.25, 0.3) is 5.91 Å². The summed E-state index contributed by atoms with van der Waals surface area (Å²) in [5.74, 6) is 0.541. The average molecular weight is 409 g/mol. The van der Waals surface area contributed by atoms with E-state index in [1.54, 1.807) is 0 Å². The zero-order chi connectivity index (χ0) is 21.0. The molecular weight excluding hydrogens is 380 g/mol. The lowest BCUT2D eigenvalue weighted by molar-refractivity contribution is -0.118. The number of hydrogen-bond acceptors (Lipinski definition) is 4. The minimum Gasteiger partial charge on any atom is -0.483 e. The van der Waals surface area contributed by atoms with E-state index >= 15 is 0 Å². The Hall–Kier alpha value is -2.66. The molecule has 2 aromatic carbocycles. The first kappa shape index (κ1) is 21.1. The lowest BCUT2D eigenvalue weighted by Crippen LogP contribution is -2.22. The zero-order valence-electron chi connectivity index (χ0n) is 17.7. The van der Waals surface area contributed by atoms with Gasteiger partial charge in [0.15, 0.2) is 11.7 Å². The molecule has 152 valence electrons. The fourth-order valence-electron chi connectivity index (χ4n) is 3.12. The largest absolute Gasteiger partial charge is 0.483 e. The van der Waals surface area contributed by atoms with Crippen LogP contribution in [-0.2, 0) is 16.6 Å². The summed E-state index contributed by atoms with van der Waals surface area (Å²) in [5.41, 5.74) is 4.70. The van der Waals surface area contributed by atoms with Crippen molar-refractivity contribution in [1.82, 2.24) is 4.98 Å². The number of anilines is 1. The number of carbonyl (C=O) groups excluding carboxylic acids is 1. The van der Waals surface area contributed by atoms with Gasteiger partial charge in [0.2, 0.25) is 0 Å². The van der Waals surface area contributed by atoms with Crippen molar-refractivity contribution in [3.8, 4) is 5.75 Å². The molecule has 0 atom stereocenters. The lowest BCUT2D eigenvalue weighted by Gasteiger charge is -2.23.